The third kappa shape index (κ3) is 9.14. The van der Waals surface area contributed by atoms with Crippen molar-refractivity contribution in [3.63, 3.8) is 0 Å². The fraction of sp³-hybridized carbons (Fsp3) is 0.381. The van der Waals surface area contributed by atoms with Crippen molar-refractivity contribution in [1.82, 2.24) is 10.6 Å². The van der Waals surface area contributed by atoms with E-state index in [9.17, 15) is 8.42 Å². The zero-order valence-electron chi connectivity index (χ0n) is 17.1. The highest BCUT2D eigenvalue weighted by Gasteiger charge is 2.06. The molecule has 0 aliphatic carbocycles. The van der Waals surface area contributed by atoms with Crippen LogP contribution in [0, 0.1) is 0 Å². The van der Waals surface area contributed by atoms with Crippen molar-refractivity contribution in [2.24, 2.45) is 4.99 Å². The van der Waals surface area contributed by atoms with E-state index in [1.807, 2.05) is 31.2 Å². The minimum absolute atomic E-state index is 0. The van der Waals surface area contributed by atoms with Gasteiger partial charge in [0.1, 0.15) is 0 Å². The van der Waals surface area contributed by atoms with E-state index >= 15 is 0 Å². The Morgan fingerprint density at radius 1 is 1.03 bits per heavy atom. The van der Waals surface area contributed by atoms with Crippen LogP contribution in [0.15, 0.2) is 58.4 Å². The zero-order chi connectivity index (χ0) is 20.4. The van der Waals surface area contributed by atoms with Crippen LogP contribution in [0.5, 0.6) is 0 Å². The largest absolute Gasteiger partial charge is 0.380 e. The lowest BCUT2D eigenvalue weighted by atomic mass is 10.1. The minimum Gasteiger partial charge on any atom is -0.380 e. The first kappa shape index (κ1) is 25.4. The topological polar surface area (TPSA) is 79.8 Å². The first-order valence-corrected chi connectivity index (χ1v) is 11.2. The van der Waals surface area contributed by atoms with Gasteiger partial charge in [0.05, 0.1) is 18.0 Å². The molecule has 0 fully saturated rings. The van der Waals surface area contributed by atoms with Crippen LogP contribution < -0.4 is 10.6 Å². The maximum atomic E-state index is 11.5. The first-order chi connectivity index (χ1) is 13.4. The Kier molecular flexibility index (Phi) is 11.2. The number of guanidine groups is 1. The smallest absolute Gasteiger partial charge is 0.191 e. The summed E-state index contributed by atoms with van der Waals surface area (Å²) < 4.78 is 28.2. The van der Waals surface area contributed by atoms with Crippen molar-refractivity contribution in [3.05, 3.63) is 65.2 Å². The molecule has 0 unspecified atom stereocenters. The van der Waals surface area contributed by atoms with Gasteiger partial charge in [-0.15, -0.1) is 24.0 Å². The molecule has 29 heavy (non-hydrogen) atoms. The Hall–Kier alpha value is -1.65. The van der Waals surface area contributed by atoms with Crippen LogP contribution in [0.3, 0.4) is 0 Å². The summed E-state index contributed by atoms with van der Waals surface area (Å²) in [6, 6.07) is 15.2. The van der Waals surface area contributed by atoms with Crippen molar-refractivity contribution in [1.29, 1.82) is 0 Å². The highest BCUT2D eigenvalue weighted by molar-refractivity contribution is 14.0. The molecule has 0 saturated carbocycles. The monoisotopic (exact) mass is 531 g/mol. The van der Waals surface area contributed by atoms with Gasteiger partial charge in [-0.3, -0.25) is 0 Å². The van der Waals surface area contributed by atoms with Crippen molar-refractivity contribution < 1.29 is 13.2 Å². The van der Waals surface area contributed by atoms with E-state index in [0.29, 0.717) is 24.6 Å². The predicted molar refractivity (Wildman–Crippen MR) is 129 cm³/mol. The summed E-state index contributed by atoms with van der Waals surface area (Å²) in [4.78, 5) is 4.98. The molecule has 2 N–H and O–H groups in total. The number of hydrogen-bond donors (Lipinski definition) is 2. The standard InChI is InChI=1S/C21H29N3O3S.HI/c1-4-22-21(24-15-18-6-5-7-19(14-18)16-27-2)23-13-12-17-8-10-20(11-9-17)28(3,25)26;/h5-11,14H,4,12-13,15-16H2,1-3H3,(H2,22,23,24);1H. The number of benzene rings is 2. The molecule has 0 heterocycles. The molecule has 0 radical (unpaired) electrons. The molecule has 2 aromatic rings. The number of halogens is 1. The van der Waals surface area contributed by atoms with E-state index in [1.165, 1.54) is 6.26 Å². The van der Waals surface area contributed by atoms with Crippen molar-refractivity contribution in [3.8, 4) is 0 Å². The predicted octanol–water partition coefficient (Wildman–Crippen LogP) is 3.15. The zero-order valence-corrected chi connectivity index (χ0v) is 20.3. The van der Waals surface area contributed by atoms with Gasteiger partial charge in [0.25, 0.3) is 0 Å². The minimum atomic E-state index is -3.15. The molecule has 2 rings (SSSR count). The first-order valence-electron chi connectivity index (χ1n) is 9.30. The molecule has 8 heteroatoms. The van der Waals surface area contributed by atoms with Gasteiger partial charge in [0.15, 0.2) is 15.8 Å². The average molecular weight is 531 g/mol. The summed E-state index contributed by atoms with van der Waals surface area (Å²) in [6.45, 7) is 4.68. The number of rotatable bonds is 9. The number of sulfone groups is 1. The van der Waals surface area contributed by atoms with E-state index in [0.717, 1.165) is 35.6 Å². The molecule has 6 nitrogen and oxygen atoms in total. The second-order valence-electron chi connectivity index (χ2n) is 6.54. The molecule has 0 aromatic heterocycles. The second kappa shape index (κ2) is 12.8. The molecular formula is C21H30IN3O3S. The lowest BCUT2D eigenvalue weighted by Gasteiger charge is -2.12. The van der Waals surface area contributed by atoms with Crippen LogP contribution in [0.2, 0.25) is 0 Å². The van der Waals surface area contributed by atoms with Crippen LogP contribution >= 0.6 is 24.0 Å². The SMILES string of the molecule is CCNC(=NCc1cccc(COC)c1)NCCc1ccc(S(C)(=O)=O)cc1.I. The second-order valence-corrected chi connectivity index (χ2v) is 8.56. The van der Waals surface area contributed by atoms with Crippen molar-refractivity contribution in [2.75, 3.05) is 26.5 Å². The van der Waals surface area contributed by atoms with Gasteiger partial charge in [-0.1, -0.05) is 36.4 Å². The summed E-state index contributed by atoms with van der Waals surface area (Å²) in [5, 5.41) is 6.56. The maximum absolute atomic E-state index is 11.5. The third-order valence-electron chi connectivity index (χ3n) is 4.12. The van der Waals surface area contributed by atoms with Gasteiger partial charge >= 0.3 is 0 Å². The molecule has 0 amide bonds. The van der Waals surface area contributed by atoms with E-state index in [2.05, 4.69) is 27.8 Å². The number of hydrogen-bond acceptors (Lipinski definition) is 4. The normalized spacial score (nSPS) is 11.6. The van der Waals surface area contributed by atoms with Crippen LogP contribution in [-0.2, 0) is 34.1 Å². The Labute approximate surface area is 191 Å². The molecule has 160 valence electrons. The van der Waals surface area contributed by atoms with Gasteiger partial charge < -0.3 is 15.4 Å². The quantitative estimate of drug-likeness (QED) is 0.295. The molecule has 0 aliphatic heterocycles. The summed E-state index contributed by atoms with van der Waals surface area (Å²) in [5.41, 5.74) is 3.33. The maximum Gasteiger partial charge on any atom is 0.191 e. The van der Waals surface area contributed by atoms with Gasteiger partial charge in [-0.05, 0) is 42.2 Å². The highest BCUT2D eigenvalue weighted by atomic mass is 127. The molecular weight excluding hydrogens is 501 g/mol. The van der Waals surface area contributed by atoms with Crippen LogP contribution in [0.25, 0.3) is 0 Å². The van der Waals surface area contributed by atoms with Gasteiger partial charge in [0.2, 0.25) is 0 Å². The molecule has 0 aliphatic rings. The lowest BCUT2D eigenvalue weighted by Crippen LogP contribution is -2.38. The Morgan fingerprint density at radius 3 is 2.34 bits per heavy atom. The van der Waals surface area contributed by atoms with Gasteiger partial charge in [0, 0.05) is 26.5 Å². The number of nitrogens with one attached hydrogen (secondary N) is 2. The number of methoxy groups -OCH3 is 1. The number of aliphatic imine (C=N–C) groups is 1. The summed E-state index contributed by atoms with van der Waals surface area (Å²) >= 11 is 0. The fourth-order valence-corrected chi connectivity index (χ4v) is 3.36. The van der Waals surface area contributed by atoms with Crippen LogP contribution in [0.4, 0.5) is 0 Å². The third-order valence-corrected chi connectivity index (χ3v) is 5.25. The van der Waals surface area contributed by atoms with Gasteiger partial charge in [-0.2, -0.15) is 0 Å². The van der Waals surface area contributed by atoms with E-state index < -0.39 is 9.84 Å². The lowest BCUT2D eigenvalue weighted by molar-refractivity contribution is 0.185. The molecule has 0 atom stereocenters. The van der Waals surface area contributed by atoms with Crippen molar-refractivity contribution >= 4 is 39.8 Å². The van der Waals surface area contributed by atoms with E-state index in [4.69, 9.17) is 4.74 Å². The van der Waals surface area contributed by atoms with Crippen LogP contribution in [-0.4, -0.2) is 40.8 Å². The molecule has 0 saturated heterocycles. The van der Waals surface area contributed by atoms with E-state index in [1.54, 1.807) is 19.2 Å². The Morgan fingerprint density at radius 2 is 1.72 bits per heavy atom. The average Bonchev–Trinajstić information content (AvgIpc) is 2.66. The summed E-state index contributed by atoms with van der Waals surface area (Å²) in [6.07, 6.45) is 1.99. The summed E-state index contributed by atoms with van der Waals surface area (Å²) in [7, 11) is -1.47. The van der Waals surface area contributed by atoms with E-state index in [-0.39, 0.29) is 24.0 Å². The fourth-order valence-electron chi connectivity index (χ4n) is 2.73. The molecule has 0 spiro atoms. The molecule has 0 bridgehead atoms. The Bertz CT molecular complexity index is 884. The summed E-state index contributed by atoms with van der Waals surface area (Å²) in [5.74, 6) is 0.757. The number of nitrogens with zero attached hydrogens (tertiary/aromatic N) is 1. The van der Waals surface area contributed by atoms with Gasteiger partial charge in [-0.25, -0.2) is 13.4 Å². The number of ether oxygens (including phenoxy) is 1. The Balaban J connectivity index is 0.00000420. The van der Waals surface area contributed by atoms with Crippen molar-refractivity contribution in [2.45, 2.75) is 31.4 Å². The molecule has 2 aromatic carbocycles. The van der Waals surface area contributed by atoms with Crippen LogP contribution in [0.1, 0.15) is 23.6 Å². The highest BCUT2D eigenvalue weighted by Crippen LogP contribution is 2.10.